The zero-order chi connectivity index (χ0) is 16.1. The number of benzene rings is 1. The van der Waals surface area contributed by atoms with Crippen molar-refractivity contribution in [1.29, 1.82) is 0 Å². The van der Waals surface area contributed by atoms with E-state index in [0.29, 0.717) is 5.69 Å². The van der Waals surface area contributed by atoms with E-state index in [1.54, 1.807) is 12.1 Å². The number of rotatable bonds is 8. The molecule has 6 heteroatoms. The molecule has 0 aliphatic heterocycles. The minimum Gasteiger partial charge on any atom is -0.396 e. The summed E-state index contributed by atoms with van der Waals surface area (Å²) in [6.07, 6.45) is 4.74. The van der Waals surface area contributed by atoms with E-state index in [9.17, 15) is 8.42 Å². The molecule has 0 spiro atoms. The molecule has 0 fully saturated rings. The van der Waals surface area contributed by atoms with E-state index in [1.807, 2.05) is 0 Å². The largest absolute Gasteiger partial charge is 0.396 e. The van der Waals surface area contributed by atoms with Crippen LogP contribution < -0.4 is 16.2 Å². The van der Waals surface area contributed by atoms with E-state index >= 15 is 0 Å². The summed E-state index contributed by atoms with van der Waals surface area (Å²) in [4.78, 5) is -0.0312. The van der Waals surface area contributed by atoms with Crippen LogP contribution in [-0.2, 0) is 10.0 Å². The standard InChI is InChI=1S/C15H27N3O2S/c1-4-5-6-10-15(2,3)11-18-12-8-7-9-13(14(12)16)21(17,19)20/h7-9,18H,4-6,10-11,16H2,1-3H3,(H2,17,19,20). The van der Waals surface area contributed by atoms with Crippen LogP contribution in [-0.4, -0.2) is 15.0 Å². The van der Waals surface area contributed by atoms with Gasteiger partial charge >= 0.3 is 0 Å². The Morgan fingerprint density at radius 1 is 1.24 bits per heavy atom. The van der Waals surface area contributed by atoms with Crippen LogP contribution in [0.1, 0.15) is 46.5 Å². The fourth-order valence-corrected chi connectivity index (χ4v) is 2.91. The van der Waals surface area contributed by atoms with E-state index in [-0.39, 0.29) is 16.0 Å². The van der Waals surface area contributed by atoms with Crippen molar-refractivity contribution in [3.05, 3.63) is 18.2 Å². The Morgan fingerprint density at radius 2 is 1.90 bits per heavy atom. The van der Waals surface area contributed by atoms with Crippen LogP contribution in [0.4, 0.5) is 11.4 Å². The summed E-state index contributed by atoms with van der Waals surface area (Å²) in [5, 5.41) is 8.40. The second-order valence-electron chi connectivity index (χ2n) is 6.24. The number of nitrogens with two attached hydrogens (primary N) is 2. The highest BCUT2D eigenvalue weighted by molar-refractivity contribution is 7.89. The Morgan fingerprint density at radius 3 is 2.48 bits per heavy atom. The van der Waals surface area contributed by atoms with Gasteiger partial charge < -0.3 is 11.1 Å². The van der Waals surface area contributed by atoms with Crippen molar-refractivity contribution in [2.75, 3.05) is 17.6 Å². The van der Waals surface area contributed by atoms with Crippen molar-refractivity contribution in [1.82, 2.24) is 0 Å². The molecule has 0 heterocycles. The average molecular weight is 313 g/mol. The molecule has 0 atom stereocenters. The average Bonchev–Trinajstić information content (AvgIpc) is 2.36. The Labute approximate surface area is 128 Å². The summed E-state index contributed by atoms with van der Waals surface area (Å²) in [6.45, 7) is 7.30. The van der Waals surface area contributed by atoms with Crippen molar-refractivity contribution >= 4 is 21.4 Å². The summed E-state index contributed by atoms with van der Waals surface area (Å²) in [5.74, 6) is 0. The number of nitrogen functional groups attached to an aromatic ring is 1. The van der Waals surface area contributed by atoms with Gasteiger partial charge in [-0.3, -0.25) is 0 Å². The number of anilines is 2. The lowest BCUT2D eigenvalue weighted by Crippen LogP contribution is -2.24. The fraction of sp³-hybridized carbons (Fsp3) is 0.600. The quantitative estimate of drug-likeness (QED) is 0.507. The number of hydrogen-bond donors (Lipinski definition) is 3. The number of nitrogens with one attached hydrogen (secondary N) is 1. The Bertz CT molecular complexity index is 568. The van der Waals surface area contributed by atoms with E-state index < -0.39 is 10.0 Å². The first-order chi connectivity index (χ1) is 9.67. The number of primary sulfonamides is 1. The fourth-order valence-electron chi connectivity index (χ4n) is 2.22. The second-order valence-corrected chi connectivity index (χ2v) is 7.77. The predicted octanol–water partition coefficient (Wildman–Crippen LogP) is 2.93. The first-order valence-electron chi connectivity index (χ1n) is 7.32. The Kier molecular flexibility index (Phi) is 6.04. The van der Waals surface area contributed by atoms with Gasteiger partial charge in [0, 0.05) is 6.54 Å². The molecule has 1 aromatic carbocycles. The van der Waals surface area contributed by atoms with Crippen LogP contribution in [0.25, 0.3) is 0 Å². The molecule has 1 rings (SSSR count). The molecular weight excluding hydrogens is 286 g/mol. The predicted molar refractivity (Wildman–Crippen MR) is 88.6 cm³/mol. The lowest BCUT2D eigenvalue weighted by molar-refractivity contribution is 0.342. The van der Waals surface area contributed by atoms with Crippen molar-refractivity contribution in [2.24, 2.45) is 10.6 Å². The highest BCUT2D eigenvalue weighted by atomic mass is 32.2. The van der Waals surface area contributed by atoms with Gasteiger partial charge in [0.15, 0.2) is 0 Å². The minimum atomic E-state index is -3.79. The molecule has 5 nitrogen and oxygen atoms in total. The van der Waals surface area contributed by atoms with Gasteiger partial charge in [-0.15, -0.1) is 0 Å². The summed E-state index contributed by atoms with van der Waals surface area (Å²) >= 11 is 0. The molecule has 21 heavy (non-hydrogen) atoms. The monoisotopic (exact) mass is 313 g/mol. The Hall–Kier alpha value is -1.27. The maximum absolute atomic E-state index is 11.5. The topological polar surface area (TPSA) is 98.2 Å². The van der Waals surface area contributed by atoms with Gasteiger partial charge in [-0.25, -0.2) is 13.6 Å². The van der Waals surface area contributed by atoms with Crippen molar-refractivity contribution in [3.63, 3.8) is 0 Å². The van der Waals surface area contributed by atoms with E-state index in [2.05, 4.69) is 26.1 Å². The van der Waals surface area contributed by atoms with Gasteiger partial charge in [0.25, 0.3) is 0 Å². The first kappa shape index (κ1) is 17.8. The lowest BCUT2D eigenvalue weighted by atomic mass is 9.87. The SMILES string of the molecule is CCCCCC(C)(C)CNc1cccc(S(N)(=O)=O)c1N. The van der Waals surface area contributed by atoms with E-state index in [1.165, 1.54) is 25.3 Å². The normalized spacial score (nSPS) is 12.4. The molecule has 0 aromatic heterocycles. The summed E-state index contributed by atoms with van der Waals surface area (Å²) in [7, 11) is -3.79. The molecule has 0 saturated carbocycles. The summed E-state index contributed by atoms with van der Waals surface area (Å²) in [6, 6.07) is 4.83. The molecule has 0 unspecified atom stereocenters. The number of hydrogen-bond acceptors (Lipinski definition) is 4. The van der Waals surface area contributed by atoms with Gasteiger partial charge in [-0.05, 0) is 24.0 Å². The third-order valence-electron chi connectivity index (χ3n) is 3.59. The van der Waals surface area contributed by atoms with Gasteiger partial charge in [-0.2, -0.15) is 0 Å². The zero-order valence-corrected chi connectivity index (χ0v) is 14.0. The van der Waals surface area contributed by atoms with E-state index in [0.717, 1.165) is 13.0 Å². The van der Waals surface area contributed by atoms with Crippen LogP contribution in [0.3, 0.4) is 0 Å². The number of para-hydroxylation sites is 1. The highest BCUT2D eigenvalue weighted by Gasteiger charge is 2.19. The minimum absolute atomic E-state index is 0.0312. The molecule has 0 aliphatic rings. The molecule has 0 radical (unpaired) electrons. The van der Waals surface area contributed by atoms with Crippen molar-refractivity contribution in [3.8, 4) is 0 Å². The summed E-state index contributed by atoms with van der Waals surface area (Å²) < 4.78 is 22.9. The third-order valence-corrected chi connectivity index (χ3v) is 4.56. The molecule has 0 amide bonds. The third kappa shape index (κ3) is 5.55. The first-order valence-corrected chi connectivity index (χ1v) is 8.87. The molecule has 0 aliphatic carbocycles. The number of sulfonamides is 1. The molecule has 0 bridgehead atoms. The Balaban J connectivity index is 2.76. The molecule has 1 aromatic rings. The number of unbranched alkanes of at least 4 members (excludes halogenated alkanes) is 2. The lowest BCUT2D eigenvalue weighted by Gasteiger charge is -2.26. The van der Waals surface area contributed by atoms with Gasteiger partial charge in [-0.1, -0.05) is 46.1 Å². The molecule has 5 N–H and O–H groups in total. The molecular formula is C15H27N3O2S. The molecule has 120 valence electrons. The highest BCUT2D eigenvalue weighted by Crippen LogP contribution is 2.29. The van der Waals surface area contributed by atoms with Crippen LogP contribution in [0.2, 0.25) is 0 Å². The van der Waals surface area contributed by atoms with Crippen molar-refractivity contribution in [2.45, 2.75) is 51.3 Å². The van der Waals surface area contributed by atoms with E-state index in [4.69, 9.17) is 10.9 Å². The maximum atomic E-state index is 11.5. The smallest absolute Gasteiger partial charge is 0.240 e. The molecule has 0 saturated heterocycles. The van der Waals surface area contributed by atoms with Crippen LogP contribution >= 0.6 is 0 Å². The zero-order valence-electron chi connectivity index (χ0n) is 13.1. The van der Waals surface area contributed by atoms with Crippen LogP contribution in [0.5, 0.6) is 0 Å². The second kappa shape index (κ2) is 7.13. The van der Waals surface area contributed by atoms with Crippen LogP contribution in [0, 0.1) is 5.41 Å². The van der Waals surface area contributed by atoms with Gasteiger partial charge in [0.2, 0.25) is 10.0 Å². The maximum Gasteiger partial charge on any atom is 0.240 e. The summed E-state index contributed by atoms with van der Waals surface area (Å²) in [5.41, 5.74) is 6.82. The van der Waals surface area contributed by atoms with Gasteiger partial charge in [0.05, 0.1) is 11.4 Å². The van der Waals surface area contributed by atoms with Gasteiger partial charge in [0.1, 0.15) is 4.90 Å². The van der Waals surface area contributed by atoms with Crippen LogP contribution in [0.15, 0.2) is 23.1 Å². The van der Waals surface area contributed by atoms with Crippen molar-refractivity contribution < 1.29 is 8.42 Å².